The summed E-state index contributed by atoms with van der Waals surface area (Å²) in [6.45, 7) is 6.13. The van der Waals surface area contributed by atoms with Crippen molar-refractivity contribution in [3.05, 3.63) is 11.6 Å². The average Bonchev–Trinajstić information content (AvgIpc) is 1.81. The van der Waals surface area contributed by atoms with Crippen LogP contribution >= 0.6 is 0 Å². The molecule has 0 aromatic heterocycles. The Balaban J connectivity index is 4.18. The van der Waals surface area contributed by atoms with E-state index in [4.69, 9.17) is 5.73 Å². The quantitative estimate of drug-likeness (QED) is 0.594. The average molecular weight is 141 g/mol. The lowest BCUT2D eigenvalue weighted by Crippen LogP contribution is -2.08. The van der Waals surface area contributed by atoms with Crippen molar-refractivity contribution in [3.8, 4) is 0 Å². The van der Waals surface area contributed by atoms with Gasteiger partial charge in [0.2, 0.25) is 5.91 Å². The van der Waals surface area contributed by atoms with Crippen molar-refractivity contribution in [2.75, 3.05) is 0 Å². The SMILES string of the molecule is CC/C(=C\C(N)=O)C(C)C. The third kappa shape index (κ3) is 3.28. The Kier molecular flexibility index (Phi) is 3.77. The molecule has 0 spiro atoms. The zero-order chi connectivity index (χ0) is 8.15. The van der Waals surface area contributed by atoms with Crippen molar-refractivity contribution in [3.63, 3.8) is 0 Å². The second-order valence-corrected chi connectivity index (χ2v) is 2.63. The lowest BCUT2D eigenvalue weighted by molar-refractivity contribution is -0.113. The van der Waals surface area contributed by atoms with Crippen LogP contribution in [-0.2, 0) is 4.79 Å². The highest BCUT2D eigenvalue weighted by Crippen LogP contribution is 2.11. The molecule has 58 valence electrons. The molecule has 0 unspecified atom stereocenters. The van der Waals surface area contributed by atoms with E-state index in [2.05, 4.69) is 13.8 Å². The van der Waals surface area contributed by atoms with Crippen molar-refractivity contribution in [1.29, 1.82) is 0 Å². The molecule has 0 saturated carbocycles. The summed E-state index contributed by atoms with van der Waals surface area (Å²) in [6, 6.07) is 0. The molecule has 0 radical (unpaired) electrons. The van der Waals surface area contributed by atoms with Gasteiger partial charge in [0.05, 0.1) is 0 Å². The summed E-state index contributed by atoms with van der Waals surface area (Å²) in [7, 11) is 0. The number of amides is 1. The van der Waals surface area contributed by atoms with Crippen LogP contribution in [0, 0.1) is 5.92 Å². The highest BCUT2D eigenvalue weighted by Gasteiger charge is 2.00. The standard InChI is InChI=1S/C8H15NO/c1-4-7(6(2)3)5-8(9)10/h5-6H,4H2,1-3H3,(H2,9,10)/b7-5+. The van der Waals surface area contributed by atoms with Gasteiger partial charge in [0.15, 0.2) is 0 Å². The maximum Gasteiger partial charge on any atom is 0.241 e. The predicted octanol–water partition coefficient (Wildman–Crippen LogP) is 1.46. The summed E-state index contributed by atoms with van der Waals surface area (Å²) >= 11 is 0. The predicted molar refractivity (Wildman–Crippen MR) is 42.4 cm³/mol. The Morgan fingerprint density at radius 2 is 2.10 bits per heavy atom. The molecular formula is C8H15NO. The molecule has 2 N–H and O–H groups in total. The Hall–Kier alpha value is -0.790. The van der Waals surface area contributed by atoms with Crippen molar-refractivity contribution < 1.29 is 4.79 Å². The molecule has 0 rings (SSSR count). The fourth-order valence-corrected chi connectivity index (χ4v) is 0.860. The number of hydrogen-bond acceptors (Lipinski definition) is 1. The number of allylic oxidation sites excluding steroid dienone is 1. The van der Waals surface area contributed by atoms with E-state index in [0.717, 1.165) is 12.0 Å². The number of rotatable bonds is 3. The van der Waals surface area contributed by atoms with Crippen LogP contribution in [0.1, 0.15) is 27.2 Å². The minimum absolute atomic E-state index is 0.342. The van der Waals surface area contributed by atoms with E-state index < -0.39 is 0 Å². The van der Waals surface area contributed by atoms with E-state index in [1.165, 1.54) is 6.08 Å². The van der Waals surface area contributed by atoms with E-state index >= 15 is 0 Å². The third-order valence-electron chi connectivity index (χ3n) is 1.48. The number of primary amides is 1. The molecule has 0 saturated heterocycles. The Bertz CT molecular complexity index is 147. The molecule has 0 aliphatic rings. The van der Waals surface area contributed by atoms with E-state index in [0.29, 0.717) is 5.92 Å². The molecule has 10 heavy (non-hydrogen) atoms. The molecule has 0 bridgehead atoms. The molecular weight excluding hydrogens is 126 g/mol. The number of hydrogen-bond donors (Lipinski definition) is 1. The second kappa shape index (κ2) is 4.09. The fourth-order valence-electron chi connectivity index (χ4n) is 0.860. The lowest BCUT2D eigenvalue weighted by atomic mass is 10.0. The van der Waals surface area contributed by atoms with Crippen LogP contribution in [0.5, 0.6) is 0 Å². The molecule has 0 fully saturated rings. The first-order chi connectivity index (χ1) is 4.57. The third-order valence-corrected chi connectivity index (χ3v) is 1.48. The largest absolute Gasteiger partial charge is 0.366 e. The van der Waals surface area contributed by atoms with Crippen molar-refractivity contribution in [2.45, 2.75) is 27.2 Å². The highest BCUT2D eigenvalue weighted by atomic mass is 16.1. The van der Waals surface area contributed by atoms with Gasteiger partial charge in [-0.05, 0) is 12.3 Å². The van der Waals surface area contributed by atoms with Crippen molar-refractivity contribution in [1.82, 2.24) is 0 Å². The van der Waals surface area contributed by atoms with Crippen LogP contribution in [0.15, 0.2) is 11.6 Å². The Morgan fingerprint density at radius 3 is 2.20 bits per heavy atom. The number of carbonyl (C=O) groups is 1. The molecule has 0 aliphatic carbocycles. The van der Waals surface area contributed by atoms with Gasteiger partial charge in [-0.15, -0.1) is 0 Å². The number of nitrogens with two attached hydrogens (primary N) is 1. The Labute approximate surface area is 62.1 Å². The van der Waals surface area contributed by atoms with E-state index in [1.807, 2.05) is 6.92 Å². The summed E-state index contributed by atoms with van der Waals surface area (Å²) in [5, 5.41) is 0. The van der Waals surface area contributed by atoms with Gasteiger partial charge >= 0.3 is 0 Å². The van der Waals surface area contributed by atoms with E-state index in [-0.39, 0.29) is 5.91 Å². The highest BCUT2D eigenvalue weighted by molar-refractivity contribution is 5.86. The van der Waals surface area contributed by atoms with E-state index in [9.17, 15) is 4.79 Å². The first kappa shape index (κ1) is 9.21. The van der Waals surface area contributed by atoms with Crippen LogP contribution in [0.3, 0.4) is 0 Å². The summed E-state index contributed by atoms with van der Waals surface area (Å²) in [5.74, 6) is 0.0862. The van der Waals surface area contributed by atoms with E-state index in [1.54, 1.807) is 0 Å². The van der Waals surface area contributed by atoms with Gasteiger partial charge in [0.25, 0.3) is 0 Å². The summed E-state index contributed by atoms with van der Waals surface area (Å²) in [5.41, 5.74) is 6.11. The van der Waals surface area contributed by atoms with Gasteiger partial charge in [-0.3, -0.25) is 4.79 Å². The maximum atomic E-state index is 10.4. The second-order valence-electron chi connectivity index (χ2n) is 2.63. The normalized spacial score (nSPS) is 12.2. The zero-order valence-electron chi connectivity index (χ0n) is 6.85. The smallest absolute Gasteiger partial charge is 0.241 e. The molecule has 0 heterocycles. The first-order valence-electron chi connectivity index (χ1n) is 3.57. The molecule has 0 aromatic carbocycles. The van der Waals surface area contributed by atoms with Gasteiger partial charge in [0, 0.05) is 6.08 Å². The van der Waals surface area contributed by atoms with Crippen LogP contribution in [0.2, 0.25) is 0 Å². The first-order valence-corrected chi connectivity index (χ1v) is 3.57. The van der Waals surface area contributed by atoms with Crippen molar-refractivity contribution in [2.24, 2.45) is 11.7 Å². The van der Waals surface area contributed by atoms with Gasteiger partial charge in [-0.25, -0.2) is 0 Å². The monoisotopic (exact) mass is 141 g/mol. The van der Waals surface area contributed by atoms with Crippen LogP contribution < -0.4 is 5.73 Å². The maximum absolute atomic E-state index is 10.4. The topological polar surface area (TPSA) is 43.1 Å². The van der Waals surface area contributed by atoms with Crippen molar-refractivity contribution >= 4 is 5.91 Å². The minimum Gasteiger partial charge on any atom is -0.366 e. The van der Waals surface area contributed by atoms with Gasteiger partial charge in [0.1, 0.15) is 0 Å². The zero-order valence-corrected chi connectivity index (χ0v) is 6.85. The fraction of sp³-hybridized carbons (Fsp3) is 0.625. The summed E-state index contributed by atoms with van der Waals surface area (Å²) in [6.07, 6.45) is 2.42. The lowest BCUT2D eigenvalue weighted by Gasteiger charge is -2.06. The molecule has 1 amide bonds. The molecule has 0 aromatic rings. The van der Waals surface area contributed by atoms with Gasteiger partial charge < -0.3 is 5.73 Å². The minimum atomic E-state index is -0.342. The molecule has 2 heteroatoms. The van der Waals surface area contributed by atoms with Crippen LogP contribution in [0.25, 0.3) is 0 Å². The molecule has 0 aliphatic heterocycles. The van der Waals surface area contributed by atoms with Gasteiger partial charge in [-0.2, -0.15) is 0 Å². The Morgan fingerprint density at radius 1 is 1.60 bits per heavy atom. The van der Waals surface area contributed by atoms with Gasteiger partial charge in [-0.1, -0.05) is 26.3 Å². The summed E-state index contributed by atoms with van der Waals surface area (Å²) < 4.78 is 0. The van der Waals surface area contributed by atoms with Crippen LogP contribution in [0.4, 0.5) is 0 Å². The summed E-state index contributed by atoms with van der Waals surface area (Å²) in [4.78, 5) is 10.4. The molecule has 0 atom stereocenters. The molecule has 2 nitrogen and oxygen atoms in total. The van der Waals surface area contributed by atoms with Crippen LogP contribution in [-0.4, -0.2) is 5.91 Å². The number of carbonyl (C=O) groups excluding carboxylic acids is 1.